The second kappa shape index (κ2) is 6.01. The van der Waals surface area contributed by atoms with Crippen LogP contribution >= 0.6 is 0 Å². The Bertz CT molecular complexity index is 550. The zero-order valence-electron chi connectivity index (χ0n) is 11.5. The molecule has 1 N–H and O–H groups in total. The molecule has 1 aromatic rings. The number of carbonyl (C=O) groups is 1. The van der Waals surface area contributed by atoms with Crippen LogP contribution in [-0.2, 0) is 0 Å². The van der Waals surface area contributed by atoms with Gasteiger partial charge >= 0.3 is 0 Å². The van der Waals surface area contributed by atoms with Crippen LogP contribution < -0.4 is 10.2 Å². The molecule has 104 valence electrons. The zero-order valence-corrected chi connectivity index (χ0v) is 11.5. The summed E-state index contributed by atoms with van der Waals surface area (Å²) >= 11 is 0. The average Bonchev–Trinajstić information content (AvgIpc) is 2.55. The lowest BCUT2D eigenvalue weighted by molar-refractivity contribution is 0.112. The molecule has 2 heterocycles. The smallest absolute Gasteiger partial charge is 0.153 e. The van der Waals surface area contributed by atoms with Crippen molar-refractivity contribution in [2.45, 2.75) is 18.9 Å². The van der Waals surface area contributed by atoms with E-state index in [9.17, 15) is 4.79 Å². The van der Waals surface area contributed by atoms with Gasteiger partial charge in [-0.2, -0.15) is 0 Å². The fourth-order valence-corrected chi connectivity index (χ4v) is 2.93. The minimum absolute atomic E-state index is 0.294. The summed E-state index contributed by atoms with van der Waals surface area (Å²) < 4.78 is 0. The topological polar surface area (TPSA) is 45.2 Å². The van der Waals surface area contributed by atoms with Crippen LogP contribution in [0.3, 0.4) is 0 Å². The van der Waals surface area contributed by atoms with Crippen molar-refractivity contribution in [1.29, 1.82) is 0 Å². The summed E-state index contributed by atoms with van der Waals surface area (Å²) in [6.07, 6.45) is 11.4. The normalized spacial score (nSPS) is 22.5. The molecule has 4 heteroatoms. The lowest BCUT2D eigenvalue weighted by atomic mass is 9.95. The van der Waals surface area contributed by atoms with E-state index in [1.54, 1.807) is 6.20 Å². The molecule has 1 fully saturated rings. The quantitative estimate of drug-likeness (QED) is 0.852. The third-order valence-electron chi connectivity index (χ3n) is 3.93. The van der Waals surface area contributed by atoms with Crippen molar-refractivity contribution in [3.63, 3.8) is 0 Å². The second-order valence-electron chi connectivity index (χ2n) is 5.16. The Hall–Kier alpha value is -1.94. The SMILES string of the molecule is O=Cc1cccnc1N1CCNCC1C1=CC=CCC1. The van der Waals surface area contributed by atoms with Crippen LogP contribution in [0.2, 0.25) is 0 Å². The Balaban J connectivity index is 1.94. The lowest BCUT2D eigenvalue weighted by Crippen LogP contribution is -2.53. The molecular weight excluding hydrogens is 250 g/mol. The Labute approximate surface area is 119 Å². The van der Waals surface area contributed by atoms with E-state index in [0.717, 1.165) is 44.6 Å². The van der Waals surface area contributed by atoms with Crippen LogP contribution in [0, 0.1) is 0 Å². The molecule has 4 nitrogen and oxygen atoms in total. The van der Waals surface area contributed by atoms with Crippen LogP contribution in [0.4, 0.5) is 5.82 Å². The van der Waals surface area contributed by atoms with E-state index in [1.165, 1.54) is 5.57 Å². The summed E-state index contributed by atoms with van der Waals surface area (Å²) in [5.74, 6) is 0.810. The zero-order chi connectivity index (χ0) is 13.8. The van der Waals surface area contributed by atoms with Gasteiger partial charge in [-0.25, -0.2) is 4.98 Å². The van der Waals surface area contributed by atoms with E-state index in [0.29, 0.717) is 11.6 Å². The molecule has 0 bridgehead atoms. The maximum absolute atomic E-state index is 11.2. The van der Waals surface area contributed by atoms with Gasteiger partial charge in [-0.15, -0.1) is 0 Å². The van der Waals surface area contributed by atoms with Crippen molar-refractivity contribution < 1.29 is 4.79 Å². The summed E-state index contributed by atoms with van der Waals surface area (Å²) in [6, 6.07) is 3.94. The number of anilines is 1. The maximum Gasteiger partial charge on any atom is 0.153 e. The molecule has 1 aliphatic carbocycles. The summed E-state index contributed by atoms with van der Waals surface area (Å²) in [6.45, 7) is 2.71. The van der Waals surface area contributed by atoms with E-state index < -0.39 is 0 Å². The number of aldehydes is 1. The van der Waals surface area contributed by atoms with Gasteiger partial charge in [0, 0.05) is 25.8 Å². The predicted molar refractivity (Wildman–Crippen MR) is 80.1 cm³/mol. The molecule has 1 atom stereocenters. The molecule has 0 aromatic carbocycles. The first-order chi connectivity index (χ1) is 9.90. The van der Waals surface area contributed by atoms with Gasteiger partial charge in [-0.1, -0.05) is 18.2 Å². The largest absolute Gasteiger partial charge is 0.347 e. The minimum Gasteiger partial charge on any atom is -0.347 e. The summed E-state index contributed by atoms with van der Waals surface area (Å²) in [5.41, 5.74) is 2.09. The van der Waals surface area contributed by atoms with Gasteiger partial charge in [0.25, 0.3) is 0 Å². The van der Waals surface area contributed by atoms with E-state index in [2.05, 4.69) is 33.4 Å². The third-order valence-corrected chi connectivity index (χ3v) is 3.93. The van der Waals surface area contributed by atoms with Crippen LogP contribution in [0.15, 0.2) is 42.1 Å². The van der Waals surface area contributed by atoms with Gasteiger partial charge in [-0.05, 0) is 30.5 Å². The maximum atomic E-state index is 11.2. The van der Waals surface area contributed by atoms with Gasteiger partial charge < -0.3 is 10.2 Å². The number of piperazine rings is 1. The van der Waals surface area contributed by atoms with Crippen LogP contribution in [0.25, 0.3) is 0 Å². The van der Waals surface area contributed by atoms with E-state index in [-0.39, 0.29) is 0 Å². The number of allylic oxidation sites excluding steroid dienone is 3. The average molecular weight is 269 g/mol. The first-order valence-electron chi connectivity index (χ1n) is 7.13. The van der Waals surface area contributed by atoms with Gasteiger partial charge in [0.2, 0.25) is 0 Å². The Morgan fingerprint density at radius 1 is 1.45 bits per heavy atom. The highest BCUT2D eigenvalue weighted by atomic mass is 16.1. The molecule has 2 aliphatic rings. The minimum atomic E-state index is 0.294. The molecule has 1 saturated heterocycles. The summed E-state index contributed by atoms with van der Waals surface area (Å²) in [5, 5.41) is 3.45. The first kappa shape index (κ1) is 13.1. The summed E-state index contributed by atoms with van der Waals surface area (Å²) in [4.78, 5) is 18.0. The highest BCUT2D eigenvalue weighted by molar-refractivity contribution is 5.83. The second-order valence-corrected chi connectivity index (χ2v) is 5.16. The summed E-state index contributed by atoms with van der Waals surface area (Å²) in [7, 11) is 0. The van der Waals surface area contributed by atoms with Crippen molar-refractivity contribution in [3.05, 3.63) is 47.7 Å². The number of hydrogen-bond donors (Lipinski definition) is 1. The number of rotatable bonds is 3. The highest BCUT2D eigenvalue weighted by Gasteiger charge is 2.27. The van der Waals surface area contributed by atoms with E-state index >= 15 is 0 Å². The van der Waals surface area contributed by atoms with Crippen molar-refractivity contribution in [3.8, 4) is 0 Å². The Morgan fingerprint density at radius 3 is 3.20 bits per heavy atom. The van der Waals surface area contributed by atoms with Crippen molar-refractivity contribution >= 4 is 12.1 Å². The molecule has 0 amide bonds. The molecule has 3 rings (SSSR count). The van der Waals surface area contributed by atoms with Gasteiger partial charge in [0.15, 0.2) is 6.29 Å². The monoisotopic (exact) mass is 269 g/mol. The molecule has 0 saturated carbocycles. The predicted octanol–water partition coefficient (Wildman–Crippen LogP) is 1.95. The fraction of sp³-hybridized carbons (Fsp3) is 0.375. The number of nitrogens with zero attached hydrogens (tertiary/aromatic N) is 2. The molecule has 1 aromatic heterocycles. The van der Waals surface area contributed by atoms with E-state index in [4.69, 9.17) is 0 Å². The molecule has 0 radical (unpaired) electrons. The van der Waals surface area contributed by atoms with Crippen LogP contribution in [0.1, 0.15) is 23.2 Å². The van der Waals surface area contributed by atoms with E-state index in [1.807, 2.05) is 12.1 Å². The molecule has 1 unspecified atom stereocenters. The number of carbonyl (C=O) groups excluding carboxylic acids is 1. The number of aromatic nitrogens is 1. The van der Waals surface area contributed by atoms with Crippen LogP contribution in [-0.4, -0.2) is 36.9 Å². The van der Waals surface area contributed by atoms with Gasteiger partial charge in [-0.3, -0.25) is 4.79 Å². The molecule has 0 spiro atoms. The molecular formula is C16H19N3O. The molecule has 1 aliphatic heterocycles. The Kier molecular flexibility index (Phi) is 3.92. The Morgan fingerprint density at radius 2 is 2.40 bits per heavy atom. The highest BCUT2D eigenvalue weighted by Crippen LogP contribution is 2.26. The van der Waals surface area contributed by atoms with Crippen LogP contribution in [0.5, 0.6) is 0 Å². The van der Waals surface area contributed by atoms with Crippen molar-refractivity contribution in [1.82, 2.24) is 10.3 Å². The number of pyridine rings is 1. The number of hydrogen-bond acceptors (Lipinski definition) is 4. The van der Waals surface area contributed by atoms with Crippen molar-refractivity contribution in [2.75, 3.05) is 24.5 Å². The lowest BCUT2D eigenvalue weighted by Gasteiger charge is -2.39. The standard InChI is InChI=1S/C16H19N3O/c20-12-14-7-4-8-18-16(14)19-10-9-17-11-15(19)13-5-2-1-3-6-13/h1-2,4-5,7-8,12,15,17H,3,6,9-11H2. The molecule has 20 heavy (non-hydrogen) atoms. The van der Waals surface area contributed by atoms with Gasteiger partial charge in [0.1, 0.15) is 5.82 Å². The third kappa shape index (κ3) is 2.51. The van der Waals surface area contributed by atoms with Gasteiger partial charge in [0.05, 0.1) is 11.6 Å². The fourth-order valence-electron chi connectivity index (χ4n) is 2.93. The van der Waals surface area contributed by atoms with Crippen molar-refractivity contribution in [2.24, 2.45) is 0 Å². The number of nitrogens with one attached hydrogen (secondary N) is 1. The first-order valence-corrected chi connectivity index (χ1v) is 7.13.